The molecule has 0 aromatic heterocycles. The van der Waals surface area contributed by atoms with Crippen molar-refractivity contribution in [3.05, 3.63) is 0 Å². The van der Waals surface area contributed by atoms with Gasteiger partial charge >= 0.3 is 0 Å². The number of hydrogen-bond acceptors (Lipinski definition) is 3. The second-order valence-corrected chi connectivity index (χ2v) is 7.17. The van der Waals surface area contributed by atoms with Crippen molar-refractivity contribution < 1.29 is 9.59 Å². The standard InChI is InChI=1S/C16H27N3O2/c1-17(2)15(20)11-18-4-3-5-19(7-6-18)16(21)14-9-12-8-13(12)10-14/h12-14H,3-11H2,1-2H3. The first kappa shape index (κ1) is 14.8. The van der Waals surface area contributed by atoms with Crippen LogP contribution in [0.1, 0.15) is 25.7 Å². The molecule has 118 valence electrons. The van der Waals surface area contributed by atoms with Crippen molar-refractivity contribution in [1.29, 1.82) is 0 Å². The monoisotopic (exact) mass is 293 g/mol. The molecule has 2 unspecified atom stereocenters. The Balaban J connectivity index is 1.48. The topological polar surface area (TPSA) is 43.9 Å². The molecule has 3 fully saturated rings. The highest BCUT2D eigenvalue weighted by molar-refractivity contribution is 5.79. The Hall–Kier alpha value is -1.10. The first-order valence-corrected chi connectivity index (χ1v) is 8.26. The van der Waals surface area contributed by atoms with E-state index in [0.717, 1.165) is 57.3 Å². The molecular weight excluding hydrogens is 266 g/mol. The van der Waals surface area contributed by atoms with E-state index in [-0.39, 0.29) is 5.91 Å². The average molecular weight is 293 g/mol. The van der Waals surface area contributed by atoms with E-state index in [2.05, 4.69) is 9.80 Å². The number of carbonyl (C=O) groups excluding carboxylic acids is 2. The Kier molecular flexibility index (Phi) is 4.20. The van der Waals surface area contributed by atoms with Crippen molar-refractivity contribution in [2.45, 2.75) is 25.7 Å². The second kappa shape index (κ2) is 5.95. The molecule has 1 heterocycles. The van der Waals surface area contributed by atoms with Gasteiger partial charge in [0.1, 0.15) is 0 Å². The summed E-state index contributed by atoms with van der Waals surface area (Å²) < 4.78 is 0. The predicted molar refractivity (Wildman–Crippen MR) is 80.7 cm³/mol. The summed E-state index contributed by atoms with van der Waals surface area (Å²) in [7, 11) is 3.59. The van der Waals surface area contributed by atoms with E-state index in [1.165, 1.54) is 6.42 Å². The van der Waals surface area contributed by atoms with Gasteiger partial charge in [-0.25, -0.2) is 0 Å². The third kappa shape index (κ3) is 3.39. The molecule has 0 aromatic carbocycles. The summed E-state index contributed by atoms with van der Waals surface area (Å²) in [5.41, 5.74) is 0. The Bertz CT molecular complexity index is 414. The highest BCUT2D eigenvalue weighted by Gasteiger charge is 2.48. The lowest BCUT2D eigenvalue weighted by Gasteiger charge is -2.25. The van der Waals surface area contributed by atoms with Crippen molar-refractivity contribution in [1.82, 2.24) is 14.7 Å². The first-order chi connectivity index (χ1) is 10.0. The van der Waals surface area contributed by atoms with Gasteiger partial charge in [0, 0.05) is 46.2 Å². The average Bonchev–Trinajstić information content (AvgIpc) is 3.14. The molecule has 21 heavy (non-hydrogen) atoms. The van der Waals surface area contributed by atoms with Gasteiger partial charge < -0.3 is 9.80 Å². The maximum atomic E-state index is 12.6. The maximum absolute atomic E-state index is 12.6. The lowest BCUT2D eigenvalue weighted by molar-refractivity contribution is -0.135. The minimum Gasteiger partial charge on any atom is -0.348 e. The van der Waals surface area contributed by atoms with Gasteiger partial charge in [0.15, 0.2) is 0 Å². The predicted octanol–water partition coefficient (Wildman–Crippen LogP) is 0.655. The smallest absolute Gasteiger partial charge is 0.236 e. The lowest BCUT2D eigenvalue weighted by atomic mass is 10.0. The van der Waals surface area contributed by atoms with Gasteiger partial charge in [0.05, 0.1) is 6.54 Å². The molecule has 0 bridgehead atoms. The molecule has 5 nitrogen and oxygen atoms in total. The van der Waals surface area contributed by atoms with Crippen LogP contribution in [0, 0.1) is 17.8 Å². The lowest BCUT2D eigenvalue weighted by Crippen LogP contribution is -2.41. The van der Waals surface area contributed by atoms with Crippen molar-refractivity contribution >= 4 is 11.8 Å². The van der Waals surface area contributed by atoms with Crippen LogP contribution >= 0.6 is 0 Å². The van der Waals surface area contributed by atoms with Crippen LogP contribution < -0.4 is 0 Å². The Morgan fingerprint density at radius 1 is 1.00 bits per heavy atom. The van der Waals surface area contributed by atoms with Crippen molar-refractivity contribution in [3.63, 3.8) is 0 Å². The molecule has 2 saturated carbocycles. The van der Waals surface area contributed by atoms with Gasteiger partial charge in [-0.3, -0.25) is 14.5 Å². The quantitative estimate of drug-likeness (QED) is 0.767. The van der Waals surface area contributed by atoms with E-state index in [0.29, 0.717) is 18.4 Å². The molecule has 1 aliphatic heterocycles. The van der Waals surface area contributed by atoms with E-state index in [4.69, 9.17) is 0 Å². The number of hydrogen-bond donors (Lipinski definition) is 0. The van der Waals surface area contributed by atoms with Gasteiger partial charge in [0.25, 0.3) is 0 Å². The van der Waals surface area contributed by atoms with Crippen molar-refractivity contribution in [3.8, 4) is 0 Å². The zero-order chi connectivity index (χ0) is 15.0. The molecule has 0 radical (unpaired) electrons. The van der Waals surface area contributed by atoms with Crippen LogP contribution in [-0.2, 0) is 9.59 Å². The van der Waals surface area contributed by atoms with E-state index < -0.39 is 0 Å². The summed E-state index contributed by atoms with van der Waals surface area (Å²) in [5, 5.41) is 0. The zero-order valence-corrected chi connectivity index (χ0v) is 13.3. The number of fused-ring (bicyclic) bond motifs is 1. The zero-order valence-electron chi connectivity index (χ0n) is 13.3. The van der Waals surface area contributed by atoms with Gasteiger partial charge in [-0.1, -0.05) is 0 Å². The molecule has 1 saturated heterocycles. The molecule has 0 spiro atoms. The Morgan fingerprint density at radius 3 is 2.38 bits per heavy atom. The summed E-state index contributed by atoms with van der Waals surface area (Å²) in [6, 6.07) is 0. The molecule has 3 rings (SSSR count). The maximum Gasteiger partial charge on any atom is 0.236 e. The second-order valence-electron chi connectivity index (χ2n) is 7.17. The SMILES string of the molecule is CN(C)C(=O)CN1CCCN(C(=O)C2CC3CC3C2)CC1. The van der Waals surface area contributed by atoms with Crippen LogP contribution in [0.25, 0.3) is 0 Å². The highest BCUT2D eigenvalue weighted by Crippen LogP contribution is 2.54. The fourth-order valence-corrected chi connectivity index (χ4v) is 3.86. The molecular formula is C16H27N3O2. The molecule has 0 N–H and O–H groups in total. The number of rotatable bonds is 3. The number of likely N-dealkylation sites (N-methyl/N-ethyl adjacent to an activating group) is 1. The van der Waals surface area contributed by atoms with Gasteiger partial charge in [-0.05, 0) is 37.5 Å². The summed E-state index contributed by atoms with van der Waals surface area (Å²) in [6.45, 7) is 3.86. The summed E-state index contributed by atoms with van der Waals surface area (Å²) in [5.74, 6) is 2.54. The number of amides is 2. The van der Waals surface area contributed by atoms with Crippen LogP contribution in [-0.4, -0.2) is 73.3 Å². The van der Waals surface area contributed by atoms with Gasteiger partial charge in [-0.15, -0.1) is 0 Å². The minimum atomic E-state index is 0.144. The molecule has 2 atom stereocenters. The minimum absolute atomic E-state index is 0.144. The van der Waals surface area contributed by atoms with Crippen LogP contribution in [0.3, 0.4) is 0 Å². The van der Waals surface area contributed by atoms with Crippen LogP contribution in [0.2, 0.25) is 0 Å². The fraction of sp³-hybridized carbons (Fsp3) is 0.875. The van der Waals surface area contributed by atoms with Crippen LogP contribution in [0.5, 0.6) is 0 Å². The van der Waals surface area contributed by atoms with E-state index >= 15 is 0 Å². The van der Waals surface area contributed by atoms with Crippen LogP contribution in [0.4, 0.5) is 0 Å². The number of nitrogens with zero attached hydrogens (tertiary/aromatic N) is 3. The summed E-state index contributed by atoms with van der Waals surface area (Å²) >= 11 is 0. The Labute approximate surface area is 127 Å². The third-order valence-corrected chi connectivity index (χ3v) is 5.35. The Morgan fingerprint density at radius 2 is 1.71 bits per heavy atom. The molecule has 3 aliphatic rings. The van der Waals surface area contributed by atoms with Gasteiger partial charge in [-0.2, -0.15) is 0 Å². The molecule has 5 heteroatoms. The van der Waals surface area contributed by atoms with E-state index in [9.17, 15) is 9.59 Å². The number of carbonyl (C=O) groups is 2. The summed E-state index contributed by atoms with van der Waals surface area (Å²) in [6.07, 6.45) is 4.60. The van der Waals surface area contributed by atoms with Crippen LogP contribution in [0.15, 0.2) is 0 Å². The summed E-state index contributed by atoms with van der Waals surface area (Å²) in [4.78, 5) is 30.3. The van der Waals surface area contributed by atoms with Crippen molar-refractivity contribution in [2.75, 3.05) is 46.8 Å². The molecule has 0 aromatic rings. The first-order valence-electron chi connectivity index (χ1n) is 8.26. The normalized spacial score (nSPS) is 32.5. The highest BCUT2D eigenvalue weighted by atomic mass is 16.2. The van der Waals surface area contributed by atoms with Crippen molar-refractivity contribution in [2.24, 2.45) is 17.8 Å². The largest absolute Gasteiger partial charge is 0.348 e. The van der Waals surface area contributed by atoms with E-state index in [1.807, 2.05) is 0 Å². The van der Waals surface area contributed by atoms with E-state index in [1.54, 1.807) is 19.0 Å². The molecule has 2 aliphatic carbocycles. The third-order valence-electron chi connectivity index (χ3n) is 5.35. The fourth-order valence-electron chi connectivity index (χ4n) is 3.86. The molecule has 2 amide bonds. The van der Waals surface area contributed by atoms with Gasteiger partial charge in [0.2, 0.25) is 11.8 Å².